The second-order valence-electron chi connectivity index (χ2n) is 7.38. The van der Waals surface area contributed by atoms with Crippen molar-refractivity contribution in [3.8, 4) is 0 Å². The van der Waals surface area contributed by atoms with E-state index in [1.807, 2.05) is 23.1 Å². The van der Waals surface area contributed by atoms with Crippen molar-refractivity contribution in [3.63, 3.8) is 0 Å². The van der Waals surface area contributed by atoms with Gasteiger partial charge >= 0.3 is 0 Å². The third-order valence-corrected chi connectivity index (χ3v) is 5.38. The number of ether oxygens (including phenoxy) is 1. The Morgan fingerprint density at radius 3 is 2.71 bits per heavy atom. The highest BCUT2D eigenvalue weighted by Crippen LogP contribution is 2.10. The Labute approximate surface area is 166 Å². The van der Waals surface area contributed by atoms with Crippen molar-refractivity contribution in [2.24, 2.45) is 0 Å². The highest BCUT2D eigenvalue weighted by atomic mass is 16.5. The summed E-state index contributed by atoms with van der Waals surface area (Å²) in [6.45, 7) is 7.60. The molecule has 0 bridgehead atoms. The number of rotatable bonds is 9. The van der Waals surface area contributed by atoms with Gasteiger partial charge in [-0.25, -0.2) is 0 Å². The summed E-state index contributed by atoms with van der Waals surface area (Å²) in [4.78, 5) is 33.3. The van der Waals surface area contributed by atoms with Crippen molar-refractivity contribution in [2.75, 3.05) is 45.9 Å². The van der Waals surface area contributed by atoms with E-state index in [2.05, 4.69) is 16.8 Å². The number of pyridine rings is 1. The van der Waals surface area contributed by atoms with Gasteiger partial charge in [-0.1, -0.05) is 38.3 Å². The summed E-state index contributed by atoms with van der Waals surface area (Å²) in [5.41, 5.74) is 0.798. The van der Waals surface area contributed by atoms with Crippen LogP contribution < -0.4 is 5.43 Å². The Morgan fingerprint density at radius 2 is 1.93 bits per heavy atom. The average Bonchev–Trinajstić information content (AvgIpc) is 2.74. The number of hydrogen-bond donors (Lipinski definition) is 1. The van der Waals surface area contributed by atoms with Gasteiger partial charge in [0, 0.05) is 49.8 Å². The minimum Gasteiger partial charge on any atom is -0.379 e. The van der Waals surface area contributed by atoms with Crippen LogP contribution in [0.25, 0.3) is 10.9 Å². The number of unbranched alkanes of at least 4 members (excludes halogenated alkanes) is 3. The maximum Gasteiger partial charge on any atom is 0.259 e. The number of nitrogens with one attached hydrogen (secondary N) is 1. The lowest BCUT2D eigenvalue weighted by Gasteiger charge is -2.30. The molecule has 6 heteroatoms. The summed E-state index contributed by atoms with van der Waals surface area (Å²) in [6.07, 6.45) is 5.97. The van der Waals surface area contributed by atoms with Gasteiger partial charge in [0.15, 0.2) is 0 Å². The number of hydrogen-bond acceptors (Lipinski definition) is 4. The van der Waals surface area contributed by atoms with E-state index < -0.39 is 0 Å². The standard InChI is InChI=1S/C22H31N3O3/c1-2-3-4-7-10-25(12-11-24-13-15-28-16-14-24)22(27)19-17-23-20-9-6-5-8-18(20)21(19)26/h5-6,8-9,17H,2-4,7,10-16H2,1H3,(H,23,26). The zero-order valence-electron chi connectivity index (χ0n) is 16.8. The Morgan fingerprint density at radius 1 is 1.14 bits per heavy atom. The van der Waals surface area contributed by atoms with Crippen molar-refractivity contribution in [3.05, 3.63) is 46.2 Å². The molecule has 0 atom stereocenters. The van der Waals surface area contributed by atoms with Gasteiger partial charge in [-0.15, -0.1) is 0 Å². The second-order valence-corrected chi connectivity index (χ2v) is 7.38. The predicted octanol–water partition coefficient (Wildman–Crippen LogP) is 2.88. The van der Waals surface area contributed by atoms with Crippen LogP contribution in [0.3, 0.4) is 0 Å². The monoisotopic (exact) mass is 385 g/mol. The van der Waals surface area contributed by atoms with Crippen molar-refractivity contribution in [1.82, 2.24) is 14.8 Å². The molecule has 152 valence electrons. The van der Waals surface area contributed by atoms with Gasteiger partial charge in [-0.05, 0) is 18.6 Å². The van der Waals surface area contributed by atoms with Crippen molar-refractivity contribution in [1.29, 1.82) is 0 Å². The molecule has 0 unspecified atom stereocenters. The van der Waals surface area contributed by atoms with E-state index in [-0.39, 0.29) is 16.9 Å². The zero-order valence-corrected chi connectivity index (χ0v) is 16.8. The Hall–Kier alpha value is -2.18. The van der Waals surface area contributed by atoms with Gasteiger partial charge in [0.1, 0.15) is 5.56 Å². The zero-order chi connectivity index (χ0) is 19.8. The lowest BCUT2D eigenvalue weighted by Crippen LogP contribution is -2.44. The van der Waals surface area contributed by atoms with E-state index in [1.165, 1.54) is 6.42 Å². The number of carbonyl (C=O) groups excluding carboxylic acids is 1. The molecule has 1 fully saturated rings. The number of fused-ring (bicyclic) bond motifs is 1. The van der Waals surface area contributed by atoms with E-state index >= 15 is 0 Å². The van der Waals surface area contributed by atoms with Crippen molar-refractivity contribution in [2.45, 2.75) is 32.6 Å². The Bertz CT molecular complexity index is 827. The number of carbonyl (C=O) groups is 1. The van der Waals surface area contributed by atoms with Gasteiger partial charge in [0.25, 0.3) is 5.91 Å². The largest absolute Gasteiger partial charge is 0.379 e. The molecule has 1 amide bonds. The molecule has 0 aliphatic carbocycles. The Kier molecular flexibility index (Phi) is 7.62. The molecular weight excluding hydrogens is 354 g/mol. The molecule has 1 aromatic heterocycles. The number of amides is 1. The van der Waals surface area contributed by atoms with Gasteiger partial charge < -0.3 is 14.6 Å². The highest BCUT2D eigenvalue weighted by molar-refractivity contribution is 5.97. The first-order valence-corrected chi connectivity index (χ1v) is 10.4. The van der Waals surface area contributed by atoms with Crippen molar-refractivity contribution >= 4 is 16.8 Å². The van der Waals surface area contributed by atoms with Crippen LogP contribution in [0.1, 0.15) is 43.0 Å². The molecular formula is C22H31N3O3. The first-order chi connectivity index (χ1) is 13.7. The van der Waals surface area contributed by atoms with E-state index in [1.54, 1.807) is 12.3 Å². The van der Waals surface area contributed by atoms with Crippen LogP contribution >= 0.6 is 0 Å². The van der Waals surface area contributed by atoms with E-state index in [0.29, 0.717) is 18.5 Å². The fourth-order valence-corrected chi connectivity index (χ4v) is 3.63. The fourth-order valence-electron chi connectivity index (χ4n) is 3.63. The minimum absolute atomic E-state index is 0.170. The minimum atomic E-state index is -0.190. The number of nitrogens with zero attached hydrogens (tertiary/aromatic N) is 2. The first-order valence-electron chi connectivity index (χ1n) is 10.4. The third kappa shape index (κ3) is 5.20. The molecule has 2 heterocycles. The number of aromatic nitrogens is 1. The number of aromatic amines is 1. The third-order valence-electron chi connectivity index (χ3n) is 5.38. The van der Waals surface area contributed by atoms with Crippen LogP contribution in [0.2, 0.25) is 0 Å². The topological polar surface area (TPSA) is 65.6 Å². The summed E-state index contributed by atoms with van der Waals surface area (Å²) < 4.78 is 5.40. The SMILES string of the molecule is CCCCCCN(CCN1CCOCC1)C(=O)c1c[nH]c2ccccc2c1=O. The van der Waals surface area contributed by atoms with Gasteiger partial charge in [-0.2, -0.15) is 0 Å². The molecule has 0 saturated carbocycles. The van der Waals surface area contributed by atoms with Crippen LogP contribution in [0.4, 0.5) is 0 Å². The van der Waals surface area contributed by atoms with E-state index in [0.717, 1.165) is 57.6 Å². The van der Waals surface area contributed by atoms with Gasteiger partial charge in [0.2, 0.25) is 5.43 Å². The Balaban J connectivity index is 1.74. The van der Waals surface area contributed by atoms with E-state index in [9.17, 15) is 9.59 Å². The molecule has 6 nitrogen and oxygen atoms in total. The quantitative estimate of drug-likeness (QED) is 0.674. The summed E-state index contributed by atoms with van der Waals surface area (Å²) in [7, 11) is 0. The summed E-state index contributed by atoms with van der Waals surface area (Å²) in [5, 5.41) is 0.562. The molecule has 1 aliphatic heterocycles. The fraction of sp³-hybridized carbons (Fsp3) is 0.545. The van der Waals surface area contributed by atoms with Crippen LogP contribution in [-0.4, -0.2) is 66.6 Å². The number of H-pyrrole nitrogens is 1. The summed E-state index contributed by atoms with van der Waals surface area (Å²) in [6, 6.07) is 7.32. The number of para-hydroxylation sites is 1. The average molecular weight is 386 g/mol. The molecule has 1 aromatic carbocycles. The molecule has 0 radical (unpaired) electrons. The van der Waals surface area contributed by atoms with Crippen LogP contribution in [0, 0.1) is 0 Å². The number of benzene rings is 1. The van der Waals surface area contributed by atoms with E-state index in [4.69, 9.17) is 4.74 Å². The molecule has 3 rings (SSSR count). The summed E-state index contributed by atoms with van der Waals surface area (Å²) >= 11 is 0. The first kappa shape index (κ1) is 20.6. The maximum atomic E-state index is 13.2. The maximum absolute atomic E-state index is 13.2. The normalized spacial score (nSPS) is 15.0. The molecule has 1 N–H and O–H groups in total. The lowest BCUT2D eigenvalue weighted by molar-refractivity contribution is 0.0324. The van der Waals surface area contributed by atoms with Crippen LogP contribution in [0.5, 0.6) is 0 Å². The van der Waals surface area contributed by atoms with Gasteiger partial charge in [0.05, 0.1) is 13.2 Å². The summed E-state index contributed by atoms with van der Waals surface area (Å²) in [5.74, 6) is -0.170. The molecule has 1 aliphatic rings. The van der Waals surface area contributed by atoms with Crippen LogP contribution in [-0.2, 0) is 4.74 Å². The molecule has 0 spiro atoms. The molecule has 2 aromatic rings. The van der Waals surface area contributed by atoms with Crippen molar-refractivity contribution < 1.29 is 9.53 Å². The smallest absolute Gasteiger partial charge is 0.259 e. The van der Waals surface area contributed by atoms with Crippen LogP contribution in [0.15, 0.2) is 35.3 Å². The molecule has 28 heavy (non-hydrogen) atoms. The highest BCUT2D eigenvalue weighted by Gasteiger charge is 2.21. The molecule has 1 saturated heterocycles. The second kappa shape index (κ2) is 10.4. The van der Waals surface area contributed by atoms with Gasteiger partial charge in [-0.3, -0.25) is 14.5 Å². The lowest BCUT2D eigenvalue weighted by atomic mass is 10.1. The predicted molar refractivity (Wildman–Crippen MR) is 112 cm³/mol. The number of morpholine rings is 1.